The lowest BCUT2D eigenvalue weighted by Gasteiger charge is -2.24. The number of hydrogen-bond acceptors (Lipinski definition) is 8. The van der Waals surface area contributed by atoms with Crippen LogP contribution in [0, 0.1) is 0 Å². The van der Waals surface area contributed by atoms with Crippen LogP contribution in [0.1, 0.15) is 89.8 Å². The van der Waals surface area contributed by atoms with Gasteiger partial charge in [0.1, 0.15) is 26.4 Å². The molecule has 0 N–H and O–H groups in total. The number of fused-ring (bicyclic) bond motifs is 4. The standard InChI is InChI=1S/C33H45N3O6/c1-32(2,3)23-10-12-25-27(19-23)41-21-29-34-30(36(35-29)31-9-7-8-14-40-31)22-42-28-20-24(33(4,5)6)11-13-26(28)39-18-16-37-15-17-38-25/h10-13,19-20,31H,7-9,14-18,21-22H2,1-6H3. The molecule has 9 heteroatoms. The second kappa shape index (κ2) is 12.9. The van der Waals surface area contributed by atoms with E-state index in [-0.39, 0.29) is 30.3 Å². The highest BCUT2D eigenvalue weighted by atomic mass is 16.6. The molecule has 1 aromatic heterocycles. The highest BCUT2D eigenvalue weighted by Crippen LogP contribution is 2.36. The van der Waals surface area contributed by atoms with Crippen LogP contribution in [0.5, 0.6) is 23.0 Å². The van der Waals surface area contributed by atoms with Crippen molar-refractivity contribution < 1.29 is 28.4 Å². The minimum atomic E-state index is -0.190. The van der Waals surface area contributed by atoms with E-state index in [2.05, 4.69) is 53.7 Å². The Morgan fingerprint density at radius 1 is 0.667 bits per heavy atom. The van der Waals surface area contributed by atoms with E-state index in [4.69, 9.17) is 38.5 Å². The summed E-state index contributed by atoms with van der Waals surface area (Å²) in [6.07, 6.45) is 2.80. The normalized spacial score (nSPS) is 19.0. The second-order valence-corrected chi connectivity index (χ2v) is 12.9. The Kier molecular flexibility index (Phi) is 9.28. The van der Waals surface area contributed by atoms with E-state index in [1.54, 1.807) is 0 Å². The second-order valence-electron chi connectivity index (χ2n) is 12.9. The van der Waals surface area contributed by atoms with Crippen LogP contribution in [0.2, 0.25) is 0 Å². The monoisotopic (exact) mass is 579 g/mol. The predicted molar refractivity (Wildman–Crippen MR) is 160 cm³/mol. The Morgan fingerprint density at radius 2 is 1.26 bits per heavy atom. The van der Waals surface area contributed by atoms with Crippen LogP contribution in [0.25, 0.3) is 0 Å². The van der Waals surface area contributed by atoms with Gasteiger partial charge >= 0.3 is 0 Å². The Hall–Kier alpha value is -3.30. The first kappa shape index (κ1) is 30.2. The van der Waals surface area contributed by atoms with Crippen molar-refractivity contribution in [3.05, 3.63) is 59.2 Å². The maximum absolute atomic E-state index is 6.40. The fraction of sp³-hybridized carbons (Fsp3) is 0.576. The van der Waals surface area contributed by atoms with Crippen molar-refractivity contribution in [2.45, 2.75) is 91.1 Å². The van der Waals surface area contributed by atoms with Gasteiger partial charge in [-0.3, -0.25) is 0 Å². The molecule has 2 aliphatic heterocycles. The summed E-state index contributed by atoms with van der Waals surface area (Å²) in [5.74, 6) is 3.87. The van der Waals surface area contributed by atoms with Gasteiger partial charge in [-0.15, -0.1) is 5.10 Å². The molecular weight excluding hydrogens is 534 g/mol. The number of nitrogens with zero attached hydrogens (tertiary/aromatic N) is 3. The minimum Gasteiger partial charge on any atom is -0.487 e. The topological polar surface area (TPSA) is 86.1 Å². The Labute approximate surface area is 249 Å². The fourth-order valence-corrected chi connectivity index (χ4v) is 4.93. The first-order valence-electron chi connectivity index (χ1n) is 15.0. The molecule has 0 amide bonds. The number of benzene rings is 2. The van der Waals surface area contributed by atoms with E-state index < -0.39 is 0 Å². The van der Waals surface area contributed by atoms with Gasteiger partial charge in [0.25, 0.3) is 0 Å². The Bertz CT molecular complexity index is 1330. The summed E-state index contributed by atoms with van der Waals surface area (Å²) in [7, 11) is 0. The molecular formula is C33H45N3O6. The van der Waals surface area contributed by atoms with E-state index in [1.165, 1.54) is 0 Å². The van der Waals surface area contributed by atoms with E-state index >= 15 is 0 Å². The average Bonchev–Trinajstić information content (AvgIpc) is 3.37. The molecule has 1 fully saturated rings. The Morgan fingerprint density at radius 3 is 1.81 bits per heavy atom. The van der Waals surface area contributed by atoms with E-state index in [0.717, 1.165) is 30.4 Å². The number of rotatable bonds is 1. The number of aromatic nitrogens is 3. The fourth-order valence-electron chi connectivity index (χ4n) is 4.93. The summed E-state index contributed by atoms with van der Waals surface area (Å²) in [5, 5.41) is 4.83. The summed E-state index contributed by atoms with van der Waals surface area (Å²) in [4.78, 5) is 4.86. The molecule has 0 spiro atoms. The zero-order valence-corrected chi connectivity index (χ0v) is 25.9. The highest BCUT2D eigenvalue weighted by Gasteiger charge is 2.24. The van der Waals surface area contributed by atoms with Crippen molar-refractivity contribution in [2.75, 3.05) is 33.0 Å². The third-order valence-electron chi connectivity index (χ3n) is 7.48. The molecule has 42 heavy (non-hydrogen) atoms. The molecule has 5 rings (SSSR count). The smallest absolute Gasteiger partial charge is 0.188 e. The van der Waals surface area contributed by atoms with E-state index in [0.29, 0.717) is 67.7 Å². The molecule has 0 saturated carbocycles. The summed E-state index contributed by atoms with van der Waals surface area (Å²) in [6, 6.07) is 12.2. The average molecular weight is 580 g/mol. The lowest BCUT2D eigenvalue weighted by molar-refractivity contribution is -0.0430. The molecule has 3 aromatic rings. The third-order valence-corrected chi connectivity index (χ3v) is 7.48. The zero-order valence-electron chi connectivity index (χ0n) is 25.9. The maximum Gasteiger partial charge on any atom is 0.188 e. The van der Waals surface area contributed by atoms with E-state index in [9.17, 15) is 0 Å². The van der Waals surface area contributed by atoms with Gasteiger partial charge in [-0.2, -0.15) is 0 Å². The van der Waals surface area contributed by atoms with Gasteiger partial charge in [0, 0.05) is 6.61 Å². The van der Waals surface area contributed by atoms with Gasteiger partial charge in [-0.1, -0.05) is 53.7 Å². The molecule has 1 unspecified atom stereocenters. The third kappa shape index (κ3) is 7.55. The summed E-state index contributed by atoms with van der Waals surface area (Å²) >= 11 is 0. The van der Waals surface area contributed by atoms with Crippen LogP contribution < -0.4 is 18.9 Å². The molecule has 1 saturated heterocycles. The van der Waals surface area contributed by atoms with Crippen molar-refractivity contribution >= 4 is 0 Å². The highest BCUT2D eigenvalue weighted by molar-refractivity contribution is 5.46. The molecule has 9 nitrogen and oxygen atoms in total. The van der Waals surface area contributed by atoms with Gasteiger partial charge in [0.15, 0.2) is 40.9 Å². The maximum atomic E-state index is 6.40. The molecule has 2 aliphatic rings. The summed E-state index contributed by atoms with van der Waals surface area (Å²) in [6.45, 7) is 15.8. The quantitative estimate of drug-likeness (QED) is 0.322. The van der Waals surface area contributed by atoms with Gasteiger partial charge in [0.05, 0.1) is 13.2 Å². The lowest BCUT2D eigenvalue weighted by atomic mass is 9.87. The van der Waals surface area contributed by atoms with Crippen LogP contribution >= 0.6 is 0 Å². The molecule has 2 bridgehead atoms. The largest absolute Gasteiger partial charge is 0.487 e. The Balaban J connectivity index is 1.47. The summed E-state index contributed by atoms with van der Waals surface area (Å²) in [5.41, 5.74) is 2.22. The van der Waals surface area contributed by atoms with Crippen molar-refractivity contribution in [2.24, 2.45) is 0 Å². The zero-order chi connectivity index (χ0) is 29.7. The van der Waals surface area contributed by atoms with Crippen molar-refractivity contribution in [1.82, 2.24) is 14.8 Å². The van der Waals surface area contributed by atoms with Crippen LogP contribution in [0.3, 0.4) is 0 Å². The van der Waals surface area contributed by atoms with Gasteiger partial charge in [-0.05, 0) is 65.5 Å². The number of ether oxygens (including phenoxy) is 6. The van der Waals surface area contributed by atoms with Crippen LogP contribution in [-0.4, -0.2) is 47.8 Å². The van der Waals surface area contributed by atoms with Crippen LogP contribution in [-0.2, 0) is 33.5 Å². The molecule has 2 aromatic carbocycles. The molecule has 1 atom stereocenters. The van der Waals surface area contributed by atoms with Gasteiger partial charge in [-0.25, -0.2) is 9.67 Å². The molecule has 228 valence electrons. The SMILES string of the molecule is CC(C)(C)c1ccc2c(c1)OCc1nc(n(C3CCCCO3)n1)COc1cc(C(C)(C)C)ccc1OCCOCCO2. The van der Waals surface area contributed by atoms with Crippen molar-refractivity contribution in [3.8, 4) is 23.0 Å². The van der Waals surface area contributed by atoms with Crippen LogP contribution in [0.4, 0.5) is 0 Å². The molecule has 3 heterocycles. The number of hydrogen-bond donors (Lipinski definition) is 0. The first-order valence-corrected chi connectivity index (χ1v) is 15.0. The van der Waals surface area contributed by atoms with Crippen molar-refractivity contribution in [3.63, 3.8) is 0 Å². The minimum absolute atomic E-state index is 0.0423. The molecule has 0 aliphatic carbocycles. The first-order chi connectivity index (χ1) is 20.1. The lowest BCUT2D eigenvalue weighted by Crippen LogP contribution is -2.22. The predicted octanol–water partition coefficient (Wildman–Crippen LogP) is 6.52. The van der Waals surface area contributed by atoms with Gasteiger partial charge < -0.3 is 28.4 Å². The van der Waals surface area contributed by atoms with Gasteiger partial charge in [0.2, 0.25) is 0 Å². The summed E-state index contributed by atoms with van der Waals surface area (Å²) < 4.78 is 38.6. The molecule has 0 radical (unpaired) electrons. The van der Waals surface area contributed by atoms with Crippen LogP contribution in [0.15, 0.2) is 36.4 Å². The van der Waals surface area contributed by atoms with E-state index in [1.807, 2.05) is 28.9 Å². The van der Waals surface area contributed by atoms with Crippen molar-refractivity contribution in [1.29, 1.82) is 0 Å².